The summed E-state index contributed by atoms with van der Waals surface area (Å²) in [6.07, 6.45) is 0.486. The molecule has 0 radical (unpaired) electrons. The van der Waals surface area contributed by atoms with Gasteiger partial charge in [-0.3, -0.25) is 0 Å². The number of nitrogens with one attached hydrogen (secondary N) is 1. The maximum absolute atomic E-state index is 12.3. The zero-order chi connectivity index (χ0) is 19.4. The highest BCUT2D eigenvalue weighted by molar-refractivity contribution is 9.10. The number of likely N-dealkylation sites (N-methyl/N-ethyl adjacent to an activating group) is 1. The minimum Gasteiger partial charge on any atom is -0.334 e. The average Bonchev–Trinajstić information content (AvgIpc) is 3.12. The van der Waals surface area contributed by atoms with E-state index in [1.165, 1.54) is 0 Å². The molecule has 6 nitrogen and oxygen atoms in total. The Morgan fingerprint density at radius 3 is 2.70 bits per heavy atom. The minimum atomic E-state index is -0.196. The summed E-state index contributed by atoms with van der Waals surface area (Å²) in [5.74, 6) is 0.971. The van der Waals surface area contributed by atoms with Crippen molar-refractivity contribution in [3.63, 3.8) is 0 Å². The van der Waals surface area contributed by atoms with Crippen molar-refractivity contribution in [1.29, 1.82) is 0 Å². The first-order valence-corrected chi connectivity index (χ1v) is 9.46. The zero-order valence-electron chi connectivity index (χ0n) is 14.9. The molecule has 8 heteroatoms. The lowest BCUT2D eigenvalue weighted by Gasteiger charge is -2.17. The normalized spacial score (nSPS) is 10.7. The second-order valence-corrected chi connectivity index (χ2v) is 7.38. The number of nitrogens with zero attached hydrogens (tertiary/aromatic N) is 3. The number of halogens is 2. The van der Waals surface area contributed by atoms with Gasteiger partial charge in [-0.1, -0.05) is 32.7 Å². The van der Waals surface area contributed by atoms with Crippen LogP contribution in [-0.4, -0.2) is 34.7 Å². The molecule has 0 aliphatic rings. The predicted octanol–water partition coefficient (Wildman–Crippen LogP) is 5.17. The van der Waals surface area contributed by atoms with Crippen LogP contribution in [-0.2, 0) is 6.42 Å². The molecule has 140 valence electrons. The molecular weight excluding hydrogens is 432 g/mol. The van der Waals surface area contributed by atoms with Gasteiger partial charge in [-0.25, -0.2) is 4.79 Å². The van der Waals surface area contributed by atoms with Crippen LogP contribution in [0.2, 0.25) is 5.02 Å². The van der Waals surface area contributed by atoms with Crippen LogP contribution in [0.5, 0.6) is 0 Å². The molecule has 0 atom stereocenters. The Morgan fingerprint density at radius 1 is 1.26 bits per heavy atom. The van der Waals surface area contributed by atoms with Crippen LogP contribution in [0.3, 0.4) is 0 Å². The Balaban J connectivity index is 1.55. The van der Waals surface area contributed by atoms with E-state index < -0.39 is 0 Å². The van der Waals surface area contributed by atoms with E-state index in [-0.39, 0.29) is 6.03 Å². The summed E-state index contributed by atoms with van der Waals surface area (Å²) in [6, 6.07) is 12.6. The Labute approximate surface area is 170 Å². The van der Waals surface area contributed by atoms with Crippen molar-refractivity contribution in [2.24, 2.45) is 0 Å². The van der Waals surface area contributed by atoms with Gasteiger partial charge in [-0.05, 0) is 55.0 Å². The van der Waals surface area contributed by atoms with E-state index in [2.05, 4.69) is 31.4 Å². The molecule has 27 heavy (non-hydrogen) atoms. The third-order valence-electron chi connectivity index (χ3n) is 3.99. The van der Waals surface area contributed by atoms with E-state index in [1.54, 1.807) is 24.1 Å². The van der Waals surface area contributed by atoms with Crippen molar-refractivity contribution in [2.45, 2.75) is 13.3 Å². The van der Waals surface area contributed by atoms with Gasteiger partial charge in [-0.2, -0.15) is 4.98 Å². The second kappa shape index (κ2) is 8.54. The fourth-order valence-corrected chi connectivity index (χ4v) is 2.75. The number of aromatic nitrogens is 2. The molecule has 0 saturated heterocycles. The van der Waals surface area contributed by atoms with Gasteiger partial charge < -0.3 is 14.7 Å². The zero-order valence-corrected chi connectivity index (χ0v) is 17.2. The van der Waals surface area contributed by atoms with E-state index in [4.69, 9.17) is 16.1 Å². The Bertz CT molecular complexity index is 943. The summed E-state index contributed by atoms with van der Waals surface area (Å²) in [5.41, 5.74) is 2.60. The molecule has 3 aromatic rings. The van der Waals surface area contributed by atoms with Crippen LogP contribution < -0.4 is 5.32 Å². The molecule has 3 rings (SSSR count). The fraction of sp³-hybridized carbons (Fsp3) is 0.211. The number of benzene rings is 2. The van der Waals surface area contributed by atoms with Crippen LogP contribution in [0.25, 0.3) is 11.5 Å². The van der Waals surface area contributed by atoms with Gasteiger partial charge in [0.05, 0.1) is 0 Å². The SMILES string of the molecule is Cc1cc(NC(=O)N(C)CCc2noc(-c3ccc(Cl)cc3)n2)ccc1Br. The summed E-state index contributed by atoms with van der Waals surface area (Å²) >= 11 is 9.33. The van der Waals surface area contributed by atoms with Gasteiger partial charge in [0.15, 0.2) is 5.82 Å². The number of urea groups is 1. The molecule has 2 amide bonds. The van der Waals surface area contributed by atoms with E-state index in [1.807, 2.05) is 37.3 Å². The van der Waals surface area contributed by atoms with E-state index >= 15 is 0 Å². The van der Waals surface area contributed by atoms with E-state index in [9.17, 15) is 4.79 Å². The van der Waals surface area contributed by atoms with Crippen molar-refractivity contribution < 1.29 is 9.32 Å². The molecule has 0 saturated carbocycles. The number of amides is 2. The maximum Gasteiger partial charge on any atom is 0.321 e. The quantitative estimate of drug-likeness (QED) is 0.583. The molecule has 1 heterocycles. The first-order valence-electron chi connectivity index (χ1n) is 8.29. The van der Waals surface area contributed by atoms with Crippen LogP contribution >= 0.6 is 27.5 Å². The van der Waals surface area contributed by atoms with Gasteiger partial charge in [0, 0.05) is 40.8 Å². The number of aryl methyl sites for hydroxylation is 1. The Kier molecular flexibility index (Phi) is 6.13. The van der Waals surface area contributed by atoms with E-state index in [0.29, 0.717) is 29.7 Å². The summed E-state index contributed by atoms with van der Waals surface area (Å²) in [5, 5.41) is 7.49. The number of rotatable bonds is 5. The molecule has 0 spiro atoms. The van der Waals surface area contributed by atoms with Crippen molar-refractivity contribution in [3.8, 4) is 11.5 Å². The molecule has 1 aromatic heterocycles. The Hall–Kier alpha value is -2.38. The molecule has 0 fully saturated rings. The predicted molar refractivity (Wildman–Crippen MR) is 109 cm³/mol. The highest BCUT2D eigenvalue weighted by Gasteiger charge is 2.13. The highest BCUT2D eigenvalue weighted by Crippen LogP contribution is 2.21. The van der Waals surface area contributed by atoms with Crippen molar-refractivity contribution >= 4 is 39.2 Å². The number of hydrogen-bond donors (Lipinski definition) is 1. The van der Waals surface area contributed by atoms with Crippen LogP contribution in [0, 0.1) is 6.92 Å². The number of hydrogen-bond acceptors (Lipinski definition) is 4. The largest absolute Gasteiger partial charge is 0.334 e. The second-order valence-electron chi connectivity index (χ2n) is 6.09. The number of anilines is 1. The molecule has 0 aliphatic heterocycles. The topological polar surface area (TPSA) is 71.3 Å². The van der Waals surface area contributed by atoms with Gasteiger partial charge in [0.25, 0.3) is 5.89 Å². The minimum absolute atomic E-state index is 0.196. The van der Waals surface area contributed by atoms with Crippen molar-refractivity contribution in [3.05, 3.63) is 63.3 Å². The third kappa shape index (κ3) is 5.08. The lowest BCUT2D eigenvalue weighted by Crippen LogP contribution is -2.33. The lowest BCUT2D eigenvalue weighted by atomic mass is 10.2. The lowest BCUT2D eigenvalue weighted by molar-refractivity contribution is 0.222. The summed E-state index contributed by atoms with van der Waals surface area (Å²) in [7, 11) is 1.72. The van der Waals surface area contributed by atoms with Gasteiger partial charge in [0.2, 0.25) is 0 Å². The van der Waals surface area contributed by atoms with Gasteiger partial charge in [0.1, 0.15) is 0 Å². The van der Waals surface area contributed by atoms with Crippen molar-refractivity contribution in [1.82, 2.24) is 15.0 Å². The first kappa shape index (κ1) is 19.4. The number of carbonyl (C=O) groups excluding carboxylic acids is 1. The number of carbonyl (C=O) groups is 1. The summed E-state index contributed by atoms with van der Waals surface area (Å²) in [6.45, 7) is 2.43. The van der Waals surface area contributed by atoms with Crippen LogP contribution in [0.15, 0.2) is 51.5 Å². The van der Waals surface area contributed by atoms with Crippen molar-refractivity contribution in [2.75, 3.05) is 18.9 Å². The molecule has 0 unspecified atom stereocenters. The highest BCUT2D eigenvalue weighted by atomic mass is 79.9. The fourth-order valence-electron chi connectivity index (χ4n) is 2.38. The summed E-state index contributed by atoms with van der Waals surface area (Å²) in [4.78, 5) is 18.3. The standard InChI is InChI=1S/C19H18BrClN4O2/c1-12-11-15(7-8-16(12)20)22-19(26)25(2)10-9-17-23-18(27-24-17)13-3-5-14(21)6-4-13/h3-8,11H,9-10H2,1-2H3,(H,22,26). The maximum atomic E-state index is 12.3. The first-order chi connectivity index (χ1) is 12.9. The average molecular weight is 450 g/mol. The van der Waals surface area contributed by atoms with Gasteiger partial charge in [-0.15, -0.1) is 0 Å². The monoisotopic (exact) mass is 448 g/mol. The van der Waals surface area contributed by atoms with Crippen LogP contribution in [0.4, 0.5) is 10.5 Å². The Morgan fingerprint density at radius 2 is 2.00 bits per heavy atom. The molecule has 0 bridgehead atoms. The molecule has 2 aromatic carbocycles. The molecular formula is C19H18BrClN4O2. The molecule has 1 N–H and O–H groups in total. The molecule has 0 aliphatic carbocycles. The van der Waals surface area contributed by atoms with Crippen LogP contribution in [0.1, 0.15) is 11.4 Å². The summed E-state index contributed by atoms with van der Waals surface area (Å²) < 4.78 is 6.28. The third-order valence-corrected chi connectivity index (χ3v) is 5.13. The smallest absolute Gasteiger partial charge is 0.321 e. The van der Waals surface area contributed by atoms with E-state index in [0.717, 1.165) is 21.3 Å². The van der Waals surface area contributed by atoms with Gasteiger partial charge >= 0.3 is 6.03 Å².